The van der Waals surface area contributed by atoms with E-state index < -0.39 is 15.0 Å². The molecule has 118 valence electrons. The number of ether oxygens (including phenoxy) is 1. The van der Waals surface area contributed by atoms with Crippen LogP contribution in [0.1, 0.15) is 29.8 Å². The minimum Gasteiger partial charge on any atom is -0.380 e. The van der Waals surface area contributed by atoms with Crippen LogP contribution in [-0.2, 0) is 13.8 Å². The predicted molar refractivity (Wildman–Crippen MR) is 82.6 cm³/mol. The maximum Gasteiger partial charge on any atom is 0.262 e. The van der Waals surface area contributed by atoms with Gasteiger partial charge in [0.25, 0.3) is 15.0 Å². The largest absolute Gasteiger partial charge is 0.380 e. The van der Waals surface area contributed by atoms with Gasteiger partial charge in [-0.25, -0.2) is 8.42 Å². The Labute approximate surface area is 134 Å². The lowest BCUT2D eigenvalue weighted by Crippen LogP contribution is -2.36. The minimum absolute atomic E-state index is 0.0175. The Balaban J connectivity index is 3.04. The van der Waals surface area contributed by atoms with Crippen molar-refractivity contribution in [2.24, 2.45) is 0 Å². The number of rotatable bonds is 6. The molecular weight excluding hydrogens is 337 g/mol. The standard InChI is InChI=1S/C13H17Cl2NO4S/c1-4-20-7-9(3)16-13(17)10-5-8(2)12(14)11(6-10)21(15,18)19/h5-6,9H,4,7H2,1-3H3,(H,16,17). The molecule has 8 heteroatoms. The number of nitrogens with one attached hydrogen (secondary N) is 1. The third-order valence-electron chi connectivity index (χ3n) is 2.70. The van der Waals surface area contributed by atoms with Gasteiger partial charge in [0.05, 0.1) is 11.6 Å². The second kappa shape index (κ2) is 7.45. The summed E-state index contributed by atoms with van der Waals surface area (Å²) in [6.07, 6.45) is 0. The van der Waals surface area contributed by atoms with Crippen LogP contribution < -0.4 is 5.32 Å². The van der Waals surface area contributed by atoms with E-state index in [0.717, 1.165) is 0 Å². The van der Waals surface area contributed by atoms with Crippen molar-refractivity contribution >= 4 is 37.2 Å². The summed E-state index contributed by atoms with van der Waals surface area (Å²) >= 11 is 5.91. The van der Waals surface area contributed by atoms with Crippen molar-refractivity contribution in [1.82, 2.24) is 5.32 Å². The molecule has 0 saturated carbocycles. The lowest BCUT2D eigenvalue weighted by atomic mass is 10.1. The molecule has 0 aliphatic rings. The number of carbonyl (C=O) groups excluding carboxylic acids is 1. The van der Waals surface area contributed by atoms with Crippen LogP contribution in [0.2, 0.25) is 5.02 Å². The zero-order chi connectivity index (χ0) is 16.2. The van der Waals surface area contributed by atoms with Crippen molar-refractivity contribution in [1.29, 1.82) is 0 Å². The highest BCUT2D eigenvalue weighted by Gasteiger charge is 2.20. The average Bonchev–Trinajstić information content (AvgIpc) is 2.37. The average molecular weight is 354 g/mol. The topological polar surface area (TPSA) is 72.5 Å². The van der Waals surface area contributed by atoms with E-state index in [1.165, 1.54) is 12.1 Å². The molecule has 1 aromatic carbocycles. The van der Waals surface area contributed by atoms with E-state index in [2.05, 4.69) is 5.32 Å². The Morgan fingerprint density at radius 2 is 2.05 bits per heavy atom. The summed E-state index contributed by atoms with van der Waals surface area (Å²) in [6, 6.07) is 2.47. The lowest BCUT2D eigenvalue weighted by Gasteiger charge is -2.14. The van der Waals surface area contributed by atoms with Crippen molar-refractivity contribution in [3.8, 4) is 0 Å². The molecule has 1 atom stereocenters. The van der Waals surface area contributed by atoms with Crippen LogP contribution in [0.4, 0.5) is 0 Å². The second-order valence-corrected chi connectivity index (χ2v) is 7.49. The first-order valence-corrected chi connectivity index (χ1v) is 8.99. The van der Waals surface area contributed by atoms with E-state index in [1.807, 2.05) is 6.92 Å². The molecule has 0 aliphatic carbocycles. The Morgan fingerprint density at radius 1 is 1.43 bits per heavy atom. The molecule has 0 radical (unpaired) electrons. The maximum atomic E-state index is 12.1. The van der Waals surface area contributed by atoms with Gasteiger partial charge in [-0.3, -0.25) is 4.79 Å². The monoisotopic (exact) mass is 353 g/mol. The molecule has 21 heavy (non-hydrogen) atoms. The lowest BCUT2D eigenvalue weighted by molar-refractivity contribution is 0.0871. The number of aryl methyl sites for hydroxylation is 1. The molecule has 1 unspecified atom stereocenters. The van der Waals surface area contributed by atoms with Crippen LogP contribution in [0.5, 0.6) is 0 Å². The molecule has 0 heterocycles. The zero-order valence-corrected chi connectivity index (χ0v) is 14.3. The first kappa shape index (κ1) is 18.2. The summed E-state index contributed by atoms with van der Waals surface area (Å²) in [5, 5.41) is 2.73. The molecular formula is C13H17Cl2NO4S. The molecule has 1 rings (SSSR count). The van der Waals surface area contributed by atoms with Crippen molar-refractivity contribution in [3.05, 3.63) is 28.3 Å². The smallest absolute Gasteiger partial charge is 0.262 e. The summed E-state index contributed by atoms with van der Waals surface area (Å²) in [5.74, 6) is -0.413. The Bertz CT molecular complexity index is 631. The molecule has 0 saturated heterocycles. The Hall–Kier alpha value is -0.820. The Morgan fingerprint density at radius 3 is 2.57 bits per heavy atom. The molecule has 1 amide bonds. The van der Waals surface area contributed by atoms with Crippen molar-refractivity contribution < 1.29 is 17.9 Å². The van der Waals surface area contributed by atoms with Gasteiger partial charge in [0, 0.05) is 28.9 Å². The normalized spacial score (nSPS) is 13.0. The Kier molecular flexibility index (Phi) is 6.46. The van der Waals surface area contributed by atoms with Crippen LogP contribution >= 0.6 is 22.3 Å². The predicted octanol–water partition coefficient (Wildman–Crippen LogP) is 2.73. The van der Waals surface area contributed by atoms with Gasteiger partial charge in [-0.2, -0.15) is 0 Å². The maximum absolute atomic E-state index is 12.1. The molecule has 0 bridgehead atoms. The van der Waals surface area contributed by atoms with Gasteiger partial charge >= 0.3 is 0 Å². The van der Waals surface area contributed by atoms with Crippen LogP contribution in [0.15, 0.2) is 17.0 Å². The van der Waals surface area contributed by atoms with Gasteiger partial charge in [0.15, 0.2) is 0 Å². The first-order valence-electron chi connectivity index (χ1n) is 6.30. The van der Waals surface area contributed by atoms with Crippen molar-refractivity contribution in [3.63, 3.8) is 0 Å². The summed E-state index contributed by atoms with van der Waals surface area (Å²) in [4.78, 5) is 11.8. The highest BCUT2D eigenvalue weighted by atomic mass is 35.7. The van der Waals surface area contributed by atoms with Crippen LogP contribution in [0.25, 0.3) is 0 Å². The third kappa shape index (κ3) is 5.14. The quantitative estimate of drug-likeness (QED) is 0.798. The number of hydrogen-bond donors (Lipinski definition) is 1. The summed E-state index contributed by atoms with van der Waals surface area (Å²) in [6.45, 7) is 6.17. The summed E-state index contributed by atoms with van der Waals surface area (Å²) < 4.78 is 28.1. The van der Waals surface area contributed by atoms with Crippen LogP contribution in [0, 0.1) is 6.92 Å². The van der Waals surface area contributed by atoms with E-state index in [9.17, 15) is 13.2 Å². The fourth-order valence-corrected chi connectivity index (χ4v) is 3.23. The van der Waals surface area contributed by atoms with E-state index in [0.29, 0.717) is 18.8 Å². The van der Waals surface area contributed by atoms with Gasteiger partial charge in [0.2, 0.25) is 0 Å². The van der Waals surface area contributed by atoms with Gasteiger partial charge in [-0.15, -0.1) is 0 Å². The number of hydrogen-bond acceptors (Lipinski definition) is 4. The minimum atomic E-state index is -4.02. The van der Waals surface area contributed by atoms with E-state index in [1.54, 1.807) is 13.8 Å². The molecule has 0 aromatic heterocycles. The van der Waals surface area contributed by atoms with Gasteiger partial charge < -0.3 is 10.1 Å². The highest BCUT2D eigenvalue weighted by Crippen LogP contribution is 2.29. The van der Waals surface area contributed by atoms with Crippen molar-refractivity contribution in [2.45, 2.75) is 31.7 Å². The van der Waals surface area contributed by atoms with E-state index in [-0.39, 0.29) is 21.5 Å². The summed E-state index contributed by atoms with van der Waals surface area (Å²) in [5.41, 5.74) is 0.639. The zero-order valence-electron chi connectivity index (χ0n) is 11.9. The molecule has 5 nitrogen and oxygen atoms in total. The van der Waals surface area contributed by atoms with Gasteiger partial charge in [0.1, 0.15) is 4.90 Å². The number of carbonyl (C=O) groups is 1. The number of benzene rings is 1. The second-order valence-electron chi connectivity index (χ2n) is 4.58. The highest BCUT2D eigenvalue weighted by molar-refractivity contribution is 8.13. The van der Waals surface area contributed by atoms with Crippen LogP contribution in [-0.4, -0.2) is 33.6 Å². The van der Waals surface area contributed by atoms with E-state index >= 15 is 0 Å². The fraction of sp³-hybridized carbons (Fsp3) is 0.462. The van der Waals surface area contributed by atoms with Gasteiger partial charge in [-0.1, -0.05) is 11.6 Å². The summed E-state index contributed by atoms with van der Waals surface area (Å²) in [7, 11) is 1.30. The molecule has 0 aliphatic heterocycles. The molecule has 0 spiro atoms. The fourth-order valence-electron chi connectivity index (χ4n) is 1.69. The van der Waals surface area contributed by atoms with E-state index in [4.69, 9.17) is 27.0 Å². The first-order chi connectivity index (χ1) is 9.66. The number of halogens is 2. The molecule has 0 fully saturated rings. The SMILES string of the molecule is CCOCC(C)NC(=O)c1cc(C)c(Cl)c(S(=O)(=O)Cl)c1. The molecule has 1 aromatic rings. The van der Waals surface area contributed by atoms with Crippen molar-refractivity contribution in [2.75, 3.05) is 13.2 Å². The van der Waals surface area contributed by atoms with Crippen LogP contribution in [0.3, 0.4) is 0 Å². The molecule has 1 N–H and O–H groups in total. The van der Waals surface area contributed by atoms with Gasteiger partial charge in [-0.05, 0) is 38.5 Å². The third-order valence-corrected chi connectivity index (χ3v) is 4.66. The number of amides is 1.